The Morgan fingerprint density at radius 3 is 1.11 bits per heavy atom. The summed E-state index contributed by atoms with van der Waals surface area (Å²) in [5.74, 6) is -2.03. The summed E-state index contributed by atoms with van der Waals surface area (Å²) in [6.07, 6.45) is 17.1. The number of ether oxygens (including phenoxy) is 3. The van der Waals surface area contributed by atoms with Gasteiger partial charge in [-0.25, -0.2) is 13.2 Å². The lowest BCUT2D eigenvalue weighted by Crippen LogP contribution is -2.66. The lowest BCUT2D eigenvalue weighted by atomic mass is 9.34. The van der Waals surface area contributed by atoms with E-state index in [4.69, 9.17) is 14.2 Å². The quantitative estimate of drug-likeness (QED) is 0.0562. The van der Waals surface area contributed by atoms with E-state index in [1.807, 2.05) is 55.0 Å². The summed E-state index contributed by atoms with van der Waals surface area (Å²) in [6.45, 7) is 9.67. The van der Waals surface area contributed by atoms with Crippen LogP contribution in [-0.4, -0.2) is 117 Å². The van der Waals surface area contributed by atoms with Gasteiger partial charge in [0.2, 0.25) is 0 Å². The number of nitrogens with zero attached hydrogens (tertiary/aromatic N) is 6. The molecule has 4 unspecified atom stereocenters. The Bertz CT molecular complexity index is 5080. The number of rotatable bonds is 15. The first-order valence-corrected chi connectivity index (χ1v) is 35.6. The Labute approximate surface area is 579 Å². The molecule has 0 amide bonds. The van der Waals surface area contributed by atoms with Crippen LogP contribution in [0.4, 0.5) is 13.2 Å². The van der Waals surface area contributed by atoms with Crippen LogP contribution in [0.3, 0.4) is 0 Å². The van der Waals surface area contributed by atoms with Gasteiger partial charge in [0, 0.05) is 124 Å². The zero-order chi connectivity index (χ0) is 69.3. The molecule has 3 saturated heterocycles. The maximum atomic E-state index is 14.3. The molecule has 2 bridgehead atoms. The van der Waals surface area contributed by atoms with Crippen molar-refractivity contribution in [2.45, 2.75) is 128 Å². The van der Waals surface area contributed by atoms with Gasteiger partial charge in [-0.3, -0.25) is 29.7 Å². The Hall–Kier alpha value is -9.57. The molecule has 4 atom stereocenters. The first-order valence-electron chi connectivity index (χ1n) is 35.6. The summed E-state index contributed by atoms with van der Waals surface area (Å²) >= 11 is 0. The van der Waals surface area contributed by atoms with Crippen molar-refractivity contribution < 1.29 is 57.1 Å². The van der Waals surface area contributed by atoms with Gasteiger partial charge in [-0.2, -0.15) is 15.3 Å². The number of carboxylic acid groups (broad SMARTS) is 3. The lowest BCUT2D eigenvalue weighted by Gasteiger charge is -2.68. The summed E-state index contributed by atoms with van der Waals surface area (Å²) in [5.41, 5.74) is 17.8. The van der Waals surface area contributed by atoms with Crippen LogP contribution < -0.4 is 0 Å². The average Bonchev–Trinajstić information content (AvgIpc) is 1.56. The molecule has 0 radical (unpaired) electrons. The van der Waals surface area contributed by atoms with Gasteiger partial charge in [-0.05, 0) is 252 Å². The topological polar surface area (TPSA) is 240 Å². The van der Waals surface area contributed by atoms with Crippen LogP contribution >= 0.6 is 0 Å². The van der Waals surface area contributed by atoms with Crippen LogP contribution in [0.1, 0.15) is 139 Å². The van der Waals surface area contributed by atoms with Crippen LogP contribution in [0.25, 0.3) is 82.5 Å². The fourth-order valence-corrected chi connectivity index (χ4v) is 18.2. The molecule has 8 fully saturated rings. The number of aromatic amines is 3. The van der Waals surface area contributed by atoms with Gasteiger partial charge in [-0.15, -0.1) is 0 Å². The minimum atomic E-state index is -0.707. The molecule has 0 spiro atoms. The predicted molar refractivity (Wildman–Crippen MR) is 377 cm³/mol. The fraction of sp³-hybridized carbons (Fsp3) is 0.400. The Balaban J connectivity index is 0.000000113. The SMILES string of the molecule is Cc1cc(-n2c(C3CCOCC3)c(CC34CC(C(=O)O)(C3)C4)c3cc4[nH]ncc4cc32)ccc1F.Cc1cc(-n2c(C3CCOCC3)c(CC3CC3C(=O)O)c3cc4[nH]ncc4cc32)ccc1F.Cc1cc(-n2c(C3CCOCC3)c(CC3CC3C(=O)O)c3cc4[nH]ncc4cc32)ccc1F. The third kappa shape index (κ3) is 11.5. The molecule has 18 nitrogen and oxygen atoms in total. The molecule has 6 aromatic heterocycles. The normalized spacial score (nSPS) is 22.9. The number of aromatic nitrogens is 9. The van der Waals surface area contributed by atoms with Crippen LogP contribution in [0.2, 0.25) is 0 Å². The highest BCUT2D eigenvalue weighted by Crippen LogP contribution is 2.75. The molecule has 20 rings (SSSR count). The van der Waals surface area contributed by atoms with E-state index in [0.29, 0.717) is 60.9 Å². The zero-order valence-corrected chi connectivity index (χ0v) is 56.7. The minimum Gasteiger partial charge on any atom is -0.481 e. The molecule has 9 heterocycles. The smallest absolute Gasteiger partial charge is 0.309 e. The number of hydrogen-bond acceptors (Lipinski definition) is 9. The first-order chi connectivity index (χ1) is 48.9. The molecule has 12 aromatic rings. The second kappa shape index (κ2) is 25.2. The number of fused-ring (bicyclic) bond motifs is 6. The fourth-order valence-electron chi connectivity index (χ4n) is 18.2. The second-order valence-corrected chi connectivity index (χ2v) is 30.1. The van der Waals surface area contributed by atoms with Crippen molar-refractivity contribution in [1.82, 2.24) is 44.3 Å². The number of carbonyl (C=O) groups is 3. The van der Waals surface area contributed by atoms with Crippen molar-refractivity contribution in [3.8, 4) is 17.1 Å². The highest BCUT2D eigenvalue weighted by atomic mass is 19.1. The van der Waals surface area contributed by atoms with Crippen molar-refractivity contribution >= 4 is 83.3 Å². The summed E-state index contributed by atoms with van der Waals surface area (Å²) in [4.78, 5) is 34.9. The number of benzene rings is 6. The third-order valence-electron chi connectivity index (χ3n) is 23.6. The molecular formula is C80H80F3N9O9. The van der Waals surface area contributed by atoms with E-state index >= 15 is 0 Å². The van der Waals surface area contributed by atoms with Crippen LogP contribution in [0.15, 0.2) is 110 Å². The third-order valence-corrected chi connectivity index (χ3v) is 23.6. The van der Waals surface area contributed by atoms with E-state index in [9.17, 15) is 42.9 Å². The molecule has 6 aromatic carbocycles. The molecule has 5 aliphatic carbocycles. The van der Waals surface area contributed by atoms with Crippen LogP contribution in [-0.2, 0) is 47.9 Å². The van der Waals surface area contributed by atoms with E-state index in [0.717, 1.165) is 180 Å². The van der Waals surface area contributed by atoms with Gasteiger partial charge in [0.25, 0.3) is 0 Å². The highest BCUT2D eigenvalue weighted by molar-refractivity contribution is 6.01. The number of aliphatic carboxylic acids is 3. The maximum absolute atomic E-state index is 14.3. The molecule has 8 aliphatic rings. The molecule has 101 heavy (non-hydrogen) atoms. The maximum Gasteiger partial charge on any atom is 0.309 e. The standard InChI is InChI=1S/C28H28FN3O3.2C26H26FN3O3/c1-16-8-19(2-3-22(16)29)32-24-9-18-12-30-31-23(18)10-20(24)21(25(32)17-4-6-35-7-5-17)11-27-13-28(14-27,15-27)26(33)34;2*1-14-8-18(2-3-22(14)27)30-24-11-17-13-28-29-23(17)12-20(24)21(10-16-9-19(16)26(31)32)25(30)15-4-6-33-7-5-15/h2-3,8-10,12,17H,4-7,11,13-15H2,1H3,(H,30,31)(H,33,34);2*2-3,8,11-13,15-16,19H,4-7,9-10H2,1H3,(H,28,29)(H,31,32). The Kier molecular flexibility index (Phi) is 16.2. The van der Waals surface area contributed by atoms with Crippen molar-refractivity contribution in [2.75, 3.05) is 39.6 Å². The number of carboxylic acids is 3. The van der Waals surface area contributed by atoms with Gasteiger partial charge >= 0.3 is 17.9 Å². The number of halogens is 3. The summed E-state index contributed by atoms with van der Waals surface area (Å²) in [6, 6.07) is 28.8. The van der Waals surface area contributed by atoms with Crippen molar-refractivity contribution in [2.24, 2.45) is 34.5 Å². The second-order valence-electron chi connectivity index (χ2n) is 30.1. The summed E-state index contributed by atoms with van der Waals surface area (Å²) in [7, 11) is 0. The van der Waals surface area contributed by atoms with Gasteiger partial charge in [0.1, 0.15) is 17.5 Å². The van der Waals surface area contributed by atoms with Crippen molar-refractivity contribution in [1.29, 1.82) is 0 Å². The monoisotopic (exact) mass is 1370 g/mol. The molecular weight excluding hydrogens is 1290 g/mol. The molecule has 5 saturated carbocycles. The van der Waals surface area contributed by atoms with E-state index in [1.165, 1.54) is 51.3 Å². The number of hydrogen-bond donors (Lipinski definition) is 6. The molecule has 6 N–H and O–H groups in total. The van der Waals surface area contributed by atoms with Crippen LogP contribution in [0.5, 0.6) is 0 Å². The number of aryl methyl sites for hydroxylation is 3. The van der Waals surface area contributed by atoms with Crippen molar-refractivity contribution in [3.63, 3.8) is 0 Å². The first kappa shape index (κ1) is 64.8. The number of nitrogens with one attached hydrogen (secondary N) is 3. The Morgan fingerprint density at radius 1 is 0.475 bits per heavy atom. The molecule has 520 valence electrons. The van der Waals surface area contributed by atoms with Gasteiger partial charge < -0.3 is 43.2 Å². The van der Waals surface area contributed by atoms with Gasteiger partial charge in [0.15, 0.2) is 0 Å². The van der Waals surface area contributed by atoms with E-state index in [2.05, 4.69) is 80.7 Å². The molecule has 3 aliphatic heterocycles. The number of H-pyrrole nitrogens is 3. The largest absolute Gasteiger partial charge is 0.481 e. The zero-order valence-electron chi connectivity index (χ0n) is 56.7. The highest BCUT2D eigenvalue weighted by Gasteiger charge is 2.71. The van der Waals surface area contributed by atoms with Crippen LogP contribution in [0, 0.1) is 72.7 Å². The van der Waals surface area contributed by atoms with E-state index in [1.54, 1.807) is 26.8 Å². The average molecular weight is 1370 g/mol. The van der Waals surface area contributed by atoms with E-state index < -0.39 is 23.3 Å². The summed E-state index contributed by atoms with van der Waals surface area (Å²) < 4.78 is 66.5. The van der Waals surface area contributed by atoms with E-state index in [-0.39, 0.29) is 46.5 Å². The molecule has 21 heteroatoms. The lowest BCUT2D eigenvalue weighted by molar-refractivity contribution is -0.222. The minimum absolute atomic E-state index is 0.0685. The summed E-state index contributed by atoms with van der Waals surface area (Å²) in [5, 5.41) is 57.1. The van der Waals surface area contributed by atoms with Gasteiger partial charge in [0.05, 0.1) is 68.9 Å². The van der Waals surface area contributed by atoms with Gasteiger partial charge in [-0.1, -0.05) is 0 Å². The Morgan fingerprint density at radius 2 is 0.802 bits per heavy atom. The van der Waals surface area contributed by atoms with Crippen molar-refractivity contribution in [3.05, 3.63) is 178 Å². The predicted octanol–water partition coefficient (Wildman–Crippen LogP) is 15.9.